The molecule has 0 unspecified atom stereocenters. The zero-order valence-corrected chi connectivity index (χ0v) is 15.8. The van der Waals surface area contributed by atoms with Crippen LogP contribution in [0.2, 0.25) is 0 Å². The van der Waals surface area contributed by atoms with Gasteiger partial charge in [0.05, 0.1) is 22.7 Å². The fourth-order valence-electron chi connectivity index (χ4n) is 2.61. The average Bonchev–Trinajstić information content (AvgIpc) is 2.63. The highest BCUT2D eigenvalue weighted by atomic mass is 32.2. The third-order valence-electron chi connectivity index (χ3n) is 3.93. The van der Waals surface area contributed by atoms with Crippen LogP contribution in [0.5, 0.6) is 0 Å². The van der Waals surface area contributed by atoms with E-state index in [2.05, 4.69) is 15.3 Å². The molecule has 1 amide bonds. The first-order valence-electron chi connectivity index (χ1n) is 8.28. The predicted octanol–water partition coefficient (Wildman–Crippen LogP) is 3.25. The summed E-state index contributed by atoms with van der Waals surface area (Å²) in [6, 6.07) is 14.4. The quantitative estimate of drug-likeness (QED) is 0.733. The van der Waals surface area contributed by atoms with E-state index in [0.717, 1.165) is 23.1 Å². The van der Waals surface area contributed by atoms with E-state index in [1.807, 2.05) is 43.3 Å². The molecule has 6 nitrogen and oxygen atoms in total. The molecule has 0 saturated carbocycles. The summed E-state index contributed by atoms with van der Waals surface area (Å²) >= 11 is 0. The summed E-state index contributed by atoms with van der Waals surface area (Å²) in [5.41, 5.74) is 4.23. The van der Waals surface area contributed by atoms with E-state index < -0.39 is 9.84 Å². The average molecular weight is 381 g/mol. The fourth-order valence-corrected chi connectivity index (χ4v) is 3.32. The maximum Gasteiger partial charge on any atom is 0.257 e. The van der Waals surface area contributed by atoms with Gasteiger partial charge in [0.15, 0.2) is 9.84 Å². The molecule has 7 heteroatoms. The number of aryl methyl sites for hydroxylation is 1. The molecule has 3 rings (SSSR count). The fraction of sp³-hybridized carbons (Fsp3) is 0.150. The molecule has 27 heavy (non-hydrogen) atoms. The number of benzene rings is 1. The van der Waals surface area contributed by atoms with E-state index in [4.69, 9.17) is 0 Å². The maximum atomic E-state index is 12.5. The molecule has 3 aromatic rings. The lowest BCUT2D eigenvalue weighted by molar-refractivity contribution is 0.102. The molecular formula is C20H19N3O3S. The summed E-state index contributed by atoms with van der Waals surface area (Å²) in [4.78, 5) is 20.9. The van der Waals surface area contributed by atoms with Crippen molar-refractivity contribution in [2.24, 2.45) is 0 Å². The van der Waals surface area contributed by atoms with Gasteiger partial charge >= 0.3 is 0 Å². The Hall–Kier alpha value is -3.06. The first-order valence-corrected chi connectivity index (χ1v) is 10.3. The number of carbonyl (C=O) groups excluding carboxylic acids is 1. The normalized spacial score (nSPS) is 11.2. The number of sulfone groups is 1. The Labute approximate surface area is 158 Å². The second-order valence-corrected chi connectivity index (χ2v) is 8.45. The molecule has 2 aromatic heterocycles. The van der Waals surface area contributed by atoms with E-state index in [9.17, 15) is 13.2 Å². The smallest absolute Gasteiger partial charge is 0.257 e. The van der Waals surface area contributed by atoms with E-state index in [1.165, 1.54) is 6.20 Å². The molecule has 0 atom stereocenters. The maximum absolute atomic E-state index is 12.5. The molecule has 0 bridgehead atoms. The summed E-state index contributed by atoms with van der Waals surface area (Å²) < 4.78 is 22.6. The van der Waals surface area contributed by atoms with E-state index in [-0.39, 0.29) is 11.7 Å². The highest BCUT2D eigenvalue weighted by molar-refractivity contribution is 7.89. The van der Waals surface area contributed by atoms with Crippen molar-refractivity contribution in [1.82, 2.24) is 9.97 Å². The first-order chi connectivity index (χ1) is 12.8. The van der Waals surface area contributed by atoms with Gasteiger partial charge in [-0.3, -0.25) is 14.8 Å². The van der Waals surface area contributed by atoms with Gasteiger partial charge in [-0.25, -0.2) is 8.42 Å². The largest absolute Gasteiger partial charge is 0.322 e. The van der Waals surface area contributed by atoms with E-state index in [1.54, 1.807) is 18.3 Å². The van der Waals surface area contributed by atoms with Crippen molar-refractivity contribution < 1.29 is 13.2 Å². The summed E-state index contributed by atoms with van der Waals surface area (Å²) in [5.74, 6) is -0.468. The molecule has 1 aromatic carbocycles. The number of pyridine rings is 2. The summed E-state index contributed by atoms with van der Waals surface area (Å²) in [7, 11) is -3.16. The lowest BCUT2D eigenvalue weighted by Gasteiger charge is -2.10. The monoisotopic (exact) mass is 381 g/mol. The Morgan fingerprint density at radius 2 is 1.89 bits per heavy atom. The predicted molar refractivity (Wildman–Crippen MR) is 105 cm³/mol. The number of hydrogen-bond donors (Lipinski definition) is 1. The molecule has 0 fully saturated rings. The van der Waals surface area contributed by atoms with Crippen molar-refractivity contribution >= 4 is 21.4 Å². The van der Waals surface area contributed by atoms with Gasteiger partial charge in [0, 0.05) is 29.9 Å². The van der Waals surface area contributed by atoms with Gasteiger partial charge in [-0.1, -0.05) is 12.1 Å². The number of hydrogen-bond acceptors (Lipinski definition) is 5. The van der Waals surface area contributed by atoms with Crippen LogP contribution in [0.1, 0.15) is 21.6 Å². The standard InChI is InChI=1S/C20H19N3O3S/c1-14-6-8-16(11-18(14)19-5-3-4-10-21-19)23-20(24)15-7-9-17(22-12-15)13-27(2,25)26/h3-12H,13H2,1-2H3,(H,23,24). The van der Waals surface area contributed by atoms with Crippen LogP contribution in [-0.4, -0.2) is 30.5 Å². The van der Waals surface area contributed by atoms with Crippen LogP contribution in [0.3, 0.4) is 0 Å². The molecule has 0 aliphatic rings. The molecule has 0 radical (unpaired) electrons. The Balaban J connectivity index is 1.78. The van der Waals surface area contributed by atoms with Gasteiger partial charge in [-0.05, 0) is 48.9 Å². The van der Waals surface area contributed by atoms with Crippen molar-refractivity contribution in [3.63, 3.8) is 0 Å². The van der Waals surface area contributed by atoms with Gasteiger partial charge in [0.25, 0.3) is 5.91 Å². The van der Waals surface area contributed by atoms with E-state index in [0.29, 0.717) is 16.9 Å². The number of carbonyl (C=O) groups is 1. The second-order valence-electron chi connectivity index (χ2n) is 6.31. The molecule has 1 N–H and O–H groups in total. The van der Waals surface area contributed by atoms with Crippen molar-refractivity contribution in [2.75, 3.05) is 11.6 Å². The minimum Gasteiger partial charge on any atom is -0.322 e. The number of nitrogens with zero attached hydrogens (tertiary/aromatic N) is 2. The molecule has 0 aliphatic heterocycles. The molecule has 2 heterocycles. The van der Waals surface area contributed by atoms with Gasteiger partial charge in [-0.15, -0.1) is 0 Å². The topological polar surface area (TPSA) is 89.0 Å². The third-order valence-corrected chi connectivity index (χ3v) is 4.75. The Morgan fingerprint density at radius 1 is 1.07 bits per heavy atom. The minimum atomic E-state index is -3.16. The van der Waals surface area contributed by atoms with Crippen LogP contribution >= 0.6 is 0 Å². The SMILES string of the molecule is Cc1ccc(NC(=O)c2ccc(CS(C)(=O)=O)nc2)cc1-c1ccccn1. The lowest BCUT2D eigenvalue weighted by Crippen LogP contribution is -2.13. The van der Waals surface area contributed by atoms with Gasteiger partial charge in [0.1, 0.15) is 0 Å². The zero-order valence-electron chi connectivity index (χ0n) is 15.0. The van der Waals surface area contributed by atoms with Crippen molar-refractivity contribution in [3.8, 4) is 11.3 Å². The van der Waals surface area contributed by atoms with Gasteiger partial charge in [-0.2, -0.15) is 0 Å². The number of anilines is 1. The van der Waals surface area contributed by atoms with Gasteiger partial charge < -0.3 is 5.32 Å². The van der Waals surface area contributed by atoms with Gasteiger partial charge in [0.2, 0.25) is 0 Å². The Morgan fingerprint density at radius 3 is 2.52 bits per heavy atom. The minimum absolute atomic E-state index is 0.152. The number of rotatable bonds is 5. The van der Waals surface area contributed by atoms with Crippen molar-refractivity contribution in [3.05, 3.63) is 77.7 Å². The lowest BCUT2D eigenvalue weighted by atomic mass is 10.0. The second kappa shape index (κ2) is 7.67. The van der Waals surface area contributed by atoms with Crippen LogP contribution < -0.4 is 5.32 Å². The van der Waals surface area contributed by atoms with Crippen LogP contribution in [0, 0.1) is 6.92 Å². The zero-order chi connectivity index (χ0) is 19.4. The highest BCUT2D eigenvalue weighted by Crippen LogP contribution is 2.25. The Bertz CT molecular complexity index is 1060. The molecular weight excluding hydrogens is 362 g/mol. The molecule has 138 valence electrons. The number of amides is 1. The Kier molecular flexibility index (Phi) is 5.32. The number of aromatic nitrogens is 2. The highest BCUT2D eigenvalue weighted by Gasteiger charge is 2.11. The first kappa shape index (κ1) is 18.7. The van der Waals surface area contributed by atoms with Crippen molar-refractivity contribution in [1.29, 1.82) is 0 Å². The van der Waals surface area contributed by atoms with Crippen LogP contribution in [0.4, 0.5) is 5.69 Å². The molecule has 0 aliphatic carbocycles. The molecule has 0 saturated heterocycles. The third kappa shape index (κ3) is 4.98. The number of nitrogens with one attached hydrogen (secondary N) is 1. The van der Waals surface area contributed by atoms with E-state index >= 15 is 0 Å². The van der Waals surface area contributed by atoms with Crippen LogP contribution in [0.25, 0.3) is 11.3 Å². The van der Waals surface area contributed by atoms with Crippen LogP contribution in [0.15, 0.2) is 60.9 Å². The summed E-state index contributed by atoms with van der Waals surface area (Å²) in [6.07, 6.45) is 4.25. The van der Waals surface area contributed by atoms with Crippen molar-refractivity contribution in [2.45, 2.75) is 12.7 Å². The van der Waals surface area contributed by atoms with Crippen LogP contribution in [-0.2, 0) is 15.6 Å². The molecule has 0 spiro atoms. The summed E-state index contributed by atoms with van der Waals surface area (Å²) in [6.45, 7) is 1.99. The summed E-state index contributed by atoms with van der Waals surface area (Å²) in [5, 5.41) is 2.84.